The monoisotopic (exact) mass is 370 g/mol. The number of hydrogen-bond acceptors (Lipinski definition) is 4. The van der Waals surface area contributed by atoms with Gasteiger partial charge in [-0.2, -0.15) is 0 Å². The maximum absolute atomic E-state index is 12.7. The summed E-state index contributed by atoms with van der Waals surface area (Å²) >= 11 is 0. The van der Waals surface area contributed by atoms with Gasteiger partial charge in [-0.25, -0.2) is 13.1 Å². The molecular formula is C18H30N2O4S. The van der Waals surface area contributed by atoms with Crippen LogP contribution in [0.1, 0.15) is 57.8 Å². The molecular weight excluding hydrogens is 340 g/mol. The van der Waals surface area contributed by atoms with E-state index in [0.29, 0.717) is 18.7 Å². The summed E-state index contributed by atoms with van der Waals surface area (Å²) in [5.74, 6) is 0.0377. The van der Waals surface area contributed by atoms with Crippen LogP contribution in [0, 0.1) is 0 Å². The van der Waals surface area contributed by atoms with E-state index >= 15 is 0 Å². The van der Waals surface area contributed by atoms with Crippen LogP contribution in [0.4, 0.5) is 0 Å². The van der Waals surface area contributed by atoms with Crippen LogP contribution >= 0.6 is 0 Å². The molecule has 7 heteroatoms. The van der Waals surface area contributed by atoms with Gasteiger partial charge in [-0.05, 0) is 52.3 Å². The molecule has 1 aromatic carbocycles. The van der Waals surface area contributed by atoms with Crippen molar-refractivity contribution in [2.24, 2.45) is 0 Å². The highest BCUT2D eigenvalue weighted by molar-refractivity contribution is 7.89. The molecule has 0 aliphatic heterocycles. The van der Waals surface area contributed by atoms with Gasteiger partial charge in [0.25, 0.3) is 5.91 Å². The summed E-state index contributed by atoms with van der Waals surface area (Å²) in [6, 6.07) is 4.52. The molecule has 25 heavy (non-hydrogen) atoms. The van der Waals surface area contributed by atoms with Crippen molar-refractivity contribution in [1.82, 2.24) is 9.62 Å². The number of benzene rings is 1. The molecule has 0 fully saturated rings. The Morgan fingerprint density at radius 2 is 1.88 bits per heavy atom. The minimum absolute atomic E-state index is 0.0256. The number of carbonyl (C=O) groups is 1. The molecule has 1 amide bonds. The zero-order valence-electron chi connectivity index (χ0n) is 16.0. The number of carbonyl (C=O) groups excluding carboxylic acids is 1. The molecule has 1 aromatic rings. The number of unbranched alkanes of at least 4 members (excludes halogenated alkanes) is 1. The van der Waals surface area contributed by atoms with Gasteiger partial charge in [0.2, 0.25) is 10.0 Å². The number of ether oxygens (including phenoxy) is 1. The van der Waals surface area contributed by atoms with Gasteiger partial charge in [0.15, 0.2) is 0 Å². The third-order valence-electron chi connectivity index (χ3n) is 3.59. The van der Waals surface area contributed by atoms with Crippen molar-refractivity contribution in [2.75, 3.05) is 20.2 Å². The summed E-state index contributed by atoms with van der Waals surface area (Å²) in [6.07, 6.45) is 1.90. The Balaban J connectivity index is 3.28. The maximum Gasteiger partial charge on any atom is 0.253 e. The second-order valence-electron chi connectivity index (χ2n) is 6.96. The molecule has 0 saturated heterocycles. The fraction of sp³-hybridized carbons (Fsp3) is 0.611. The van der Waals surface area contributed by atoms with Crippen LogP contribution < -0.4 is 9.46 Å². The molecule has 0 saturated carbocycles. The van der Waals surface area contributed by atoms with Crippen LogP contribution in [-0.2, 0) is 10.0 Å². The Kier molecular flexibility index (Phi) is 7.44. The molecule has 142 valence electrons. The van der Waals surface area contributed by atoms with Crippen LogP contribution in [0.25, 0.3) is 0 Å². The van der Waals surface area contributed by atoms with Crippen molar-refractivity contribution in [3.05, 3.63) is 23.8 Å². The highest BCUT2D eigenvalue weighted by atomic mass is 32.2. The lowest BCUT2D eigenvalue weighted by atomic mass is 10.1. The normalized spacial score (nSPS) is 12.1. The van der Waals surface area contributed by atoms with Crippen molar-refractivity contribution in [3.8, 4) is 5.75 Å². The smallest absolute Gasteiger partial charge is 0.253 e. The van der Waals surface area contributed by atoms with Crippen molar-refractivity contribution in [2.45, 2.75) is 57.9 Å². The number of amides is 1. The van der Waals surface area contributed by atoms with Gasteiger partial charge < -0.3 is 9.64 Å². The summed E-state index contributed by atoms with van der Waals surface area (Å²) in [4.78, 5) is 14.4. The van der Waals surface area contributed by atoms with E-state index in [4.69, 9.17) is 4.74 Å². The van der Waals surface area contributed by atoms with Crippen LogP contribution in [0.3, 0.4) is 0 Å². The van der Waals surface area contributed by atoms with E-state index in [1.54, 1.807) is 31.7 Å². The van der Waals surface area contributed by atoms with Gasteiger partial charge in [-0.3, -0.25) is 4.79 Å². The Bertz CT molecular complexity index is 694. The Labute approximate surface area is 151 Å². The lowest BCUT2D eigenvalue weighted by Gasteiger charge is -2.23. The molecule has 0 aliphatic rings. The van der Waals surface area contributed by atoms with Crippen LogP contribution in [0.5, 0.6) is 5.75 Å². The topological polar surface area (TPSA) is 75.7 Å². The fourth-order valence-electron chi connectivity index (χ4n) is 2.41. The maximum atomic E-state index is 12.7. The molecule has 6 nitrogen and oxygen atoms in total. The number of rotatable bonds is 8. The highest BCUT2D eigenvalue weighted by Gasteiger charge is 2.27. The average molecular weight is 371 g/mol. The molecule has 0 aromatic heterocycles. The molecule has 0 radical (unpaired) electrons. The minimum Gasteiger partial charge on any atom is -0.495 e. The summed E-state index contributed by atoms with van der Waals surface area (Å²) in [7, 11) is -2.40. The predicted octanol–water partition coefficient (Wildman–Crippen LogP) is 3.03. The van der Waals surface area contributed by atoms with E-state index in [9.17, 15) is 13.2 Å². The fourth-order valence-corrected chi connectivity index (χ4v) is 4.03. The quantitative estimate of drug-likeness (QED) is 0.763. The molecule has 0 atom stereocenters. The number of methoxy groups -OCH3 is 1. The first-order valence-corrected chi connectivity index (χ1v) is 10.0. The molecule has 0 aliphatic carbocycles. The first-order chi connectivity index (χ1) is 11.6. The largest absolute Gasteiger partial charge is 0.495 e. The van der Waals surface area contributed by atoms with Gasteiger partial charge in [-0.1, -0.05) is 13.3 Å². The molecule has 0 bridgehead atoms. The highest BCUT2D eigenvalue weighted by Crippen LogP contribution is 2.26. The van der Waals surface area contributed by atoms with Crippen LogP contribution in [0.15, 0.2) is 23.1 Å². The van der Waals surface area contributed by atoms with E-state index in [1.807, 2.05) is 6.92 Å². The average Bonchev–Trinajstić information content (AvgIpc) is 2.52. The number of nitrogens with zero attached hydrogens (tertiary/aromatic N) is 1. The Morgan fingerprint density at radius 1 is 1.24 bits per heavy atom. The lowest BCUT2D eigenvalue weighted by Crippen LogP contribution is -2.40. The number of hydrogen-bond donors (Lipinski definition) is 1. The molecule has 1 N–H and O–H groups in total. The molecule has 0 heterocycles. The Morgan fingerprint density at radius 3 is 2.36 bits per heavy atom. The summed E-state index contributed by atoms with van der Waals surface area (Å²) in [5, 5.41) is 0. The van der Waals surface area contributed by atoms with Crippen molar-refractivity contribution < 1.29 is 17.9 Å². The van der Waals surface area contributed by atoms with Gasteiger partial charge >= 0.3 is 0 Å². The minimum atomic E-state index is -3.81. The van der Waals surface area contributed by atoms with Gasteiger partial charge in [0, 0.05) is 24.2 Å². The lowest BCUT2D eigenvalue weighted by molar-refractivity contribution is 0.0762. The van der Waals surface area contributed by atoms with Crippen LogP contribution in [-0.4, -0.2) is 45.0 Å². The Hall–Kier alpha value is -1.60. The number of nitrogens with one attached hydrogen (secondary N) is 1. The molecule has 1 rings (SSSR count). The SMILES string of the molecule is CCCCN(CC)C(=O)c1ccc(OC)c(S(=O)(=O)NC(C)(C)C)c1. The van der Waals surface area contributed by atoms with Gasteiger partial charge in [-0.15, -0.1) is 0 Å². The third kappa shape index (κ3) is 6.01. The summed E-state index contributed by atoms with van der Waals surface area (Å²) in [6.45, 7) is 10.5. The van der Waals surface area contributed by atoms with E-state index in [0.717, 1.165) is 12.8 Å². The van der Waals surface area contributed by atoms with Gasteiger partial charge in [0.1, 0.15) is 10.6 Å². The van der Waals surface area contributed by atoms with Crippen LogP contribution in [0.2, 0.25) is 0 Å². The standard InChI is InChI=1S/C18H30N2O4S/c1-7-9-12-20(8-2)17(21)14-10-11-15(24-6)16(13-14)25(22,23)19-18(3,4)5/h10-11,13,19H,7-9,12H2,1-6H3. The van der Waals surface area contributed by atoms with Gasteiger partial charge in [0.05, 0.1) is 7.11 Å². The second-order valence-corrected chi connectivity index (χ2v) is 8.61. The van der Waals surface area contributed by atoms with E-state index in [-0.39, 0.29) is 16.6 Å². The van der Waals surface area contributed by atoms with E-state index in [2.05, 4.69) is 11.6 Å². The molecule has 0 spiro atoms. The van der Waals surface area contributed by atoms with Crippen molar-refractivity contribution >= 4 is 15.9 Å². The van der Waals surface area contributed by atoms with E-state index < -0.39 is 15.6 Å². The predicted molar refractivity (Wildman–Crippen MR) is 99.6 cm³/mol. The molecule has 0 unspecified atom stereocenters. The first kappa shape index (κ1) is 21.4. The summed E-state index contributed by atoms with van der Waals surface area (Å²) < 4.78 is 33.2. The van der Waals surface area contributed by atoms with Crippen molar-refractivity contribution in [1.29, 1.82) is 0 Å². The van der Waals surface area contributed by atoms with Crippen molar-refractivity contribution in [3.63, 3.8) is 0 Å². The summed E-state index contributed by atoms with van der Waals surface area (Å²) in [5.41, 5.74) is -0.298. The second kappa shape index (κ2) is 8.67. The zero-order chi connectivity index (χ0) is 19.3. The third-order valence-corrected chi connectivity index (χ3v) is 5.37. The first-order valence-electron chi connectivity index (χ1n) is 8.57. The number of sulfonamides is 1. The van der Waals surface area contributed by atoms with E-state index in [1.165, 1.54) is 19.2 Å². The zero-order valence-corrected chi connectivity index (χ0v) is 16.9.